The highest BCUT2D eigenvalue weighted by Gasteiger charge is 2.05. The molecule has 0 fully saturated rings. The van der Waals surface area contributed by atoms with Crippen molar-refractivity contribution in [1.82, 2.24) is 5.32 Å². The maximum absolute atomic E-state index is 11.4. The van der Waals surface area contributed by atoms with E-state index in [0.717, 1.165) is 11.3 Å². The van der Waals surface area contributed by atoms with Gasteiger partial charge in [0.2, 0.25) is 5.91 Å². The molecule has 1 unspecified atom stereocenters. The maximum Gasteiger partial charge on any atom is 0.225 e. The normalized spacial score (nSPS) is 12.4. The van der Waals surface area contributed by atoms with Gasteiger partial charge in [0.1, 0.15) is 0 Å². The van der Waals surface area contributed by atoms with Crippen molar-refractivity contribution in [3.63, 3.8) is 0 Å². The number of hydrogen-bond donors (Lipinski definition) is 2. The molecule has 1 aromatic rings. The number of amides is 1. The van der Waals surface area contributed by atoms with Crippen LogP contribution in [0.15, 0.2) is 17.5 Å². The highest BCUT2D eigenvalue weighted by Crippen LogP contribution is 2.08. The molecule has 3 N–H and O–H groups in total. The van der Waals surface area contributed by atoms with E-state index < -0.39 is 0 Å². The summed E-state index contributed by atoms with van der Waals surface area (Å²) in [6.07, 6.45) is 1.35. The van der Waals surface area contributed by atoms with Crippen molar-refractivity contribution in [2.75, 3.05) is 6.54 Å². The zero-order valence-electron chi connectivity index (χ0n) is 8.32. The molecule has 1 heterocycles. The Hall–Kier alpha value is -0.870. The van der Waals surface area contributed by atoms with Crippen molar-refractivity contribution in [3.8, 4) is 0 Å². The first-order valence-corrected chi connectivity index (χ1v) is 5.65. The van der Waals surface area contributed by atoms with Gasteiger partial charge in [0, 0.05) is 17.5 Å². The van der Waals surface area contributed by atoms with Gasteiger partial charge in [0.05, 0.1) is 6.42 Å². The fourth-order valence-corrected chi connectivity index (χ4v) is 1.73. The van der Waals surface area contributed by atoms with Crippen LogP contribution in [-0.2, 0) is 11.2 Å². The summed E-state index contributed by atoms with van der Waals surface area (Å²) in [5.41, 5.74) is 5.68. The van der Waals surface area contributed by atoms with Gasteiger partial charge < -0.3 is 11.1 Å². The summed E-state index contributed by atoms with van der Waals surface area (Å²) in [6.45, 7) is 2.58. The average molecular weight is 212 g/mol. The van der Waals surface area contributed by atoms with Crippen molar-refractivity contribution in [3.05, 3.63) is 22.4 Å². The van der Waals surface area contributed by atoms with Crippen LogP contribution in [-0.4, -0.2) is 18.5 Å². The third-order valence-corrected chi connectivity index (χ3v) is 2.88. The Morgan fingerprint density at radius 1 is 1.71 bits per heavy atom. The second kappa shape index (κ2) is 5.78. The molecule has 0 spiro atoms. The van der Waals surface area contributed by atoms with Crippen LogP contribution in [0.3, 0.4) is 0 Å². The van der Waals surface area contributed by atoms with Crippen LogP contribution in [0.5, 0.6) is 0 Å². The summed E-state index contributed by atoms with van der Waals surface area (Å²) in [5.74, 6) is 0.0522. The van der Waals surface area contributed by atoms with E-state index in [0.29, 0.717) is 13.0 Å². The molecular weight excluding hydrogens is 196 g/mol. The molecule has 4 heteroatoms. The Morgan fingerprint density at radius 2 is 2.50 bits per heavy atom. The summed E-state index contributed by atoms with van der Waals surface area (Å²) in [5, 5.41) is 4.79. The molecule has 0 radical (unpaired) electrons. The topological polar surface area (TPSA) is 55.1 Å². The third-order valence-electron chi connectivity index (χ3n) is 2.00. The first kappa shape index (κ1) is 11.2. The Labute approximate surface area is 88.3 Å². The molecule has 3 nitrogen and oxygen atoms in total. The van der Waals surface area contributed by atoms with Gasteiger partial charge in [-0.25, -0.2) is 0 Å². The highest BCUT2D eigenvalue weighted by atomic mass is 32.1. The fourth-order valence-electron chi connectivity index (χ4n) is 1.02. The lowest BCUT2D eigenvalue weighted by Gasteiger charge is -2.09. The summed E-state index contributed by atoms with van der Waals surface area (Å²) >= 11 is 1.60. The first-order valence-electron chi connectivity index (χ1n) is 4.77. The largest absolute Gasteiger partial charge is 0.354 e. The number of carbonyl (C=O) groups is 1. The van der Waals surface area contributed by atoms with Crippen LogP contribution in [0.4, 0.5) is 0 Å². The molecule has 0 aromatic carbocycles. The molecular formula is C10H16N2OS. The summed E-state index contributed by atoms with van der Waals surface area (Å²) in [6, 6.07) is 3.98. The fraction of sp³-hybridized carbons (Fsp3) is 0.500. The van der Waals surface area contributed by atoms with Crippen molar-refractivity contribution < 1.29 is 4.79 Å². The van der Waals surface area contributed by atoms with Gasteiger partial charge in [-0.05, 0) is 17.9 Å². The molecule has 1 amide bonds. The van der Waals surface area contributed by atoms with Crippen LogP contribution in [0.25, 0.3) is 0 Å². The molecule has 0 aliphatic rings. The van der Waals surface area contributed by atoms with Gasteiger partial charge in [-0.3, -0.25) is 4.79 Å². The van der Waals surface area contributed by atoms with Gasteiger partial charge in [-0.2, -0.15) is 0 Å². The molecule has 0 bridgehead atoms. The van der Waals surface area contributed by atoms with Crippen molar-refractivity contribution in [2.24, 2.45) is 5.73 Å². The van der Waals surface area contributed by atoms with Crippen LogP contribution < -0.4 is 11.1 Å². The lowest BCUT2D eigenvalue weighted by molar-refractivity contribution is -0.120. The van der Waals surface area contributed by atoms with E-state index in [2.05, 4.69) is 5.32 Å². The van der Waals surface area contributed by atoms with Gasteiger partial charge in [-0.1, -0.05) is 13.0 Å². The van der Waals surface area contributed by atoms with E-state index in [-0.39, 0.29) is 11.9 Å². The Morgan fingerprint density at radius 3 is 3.07 bits per heavy atom. The second-order valence-electron chi connectivity index (χ2n) is 3.23. The predicted molar refractivity (Wildman–Crippen MR) is 59.3 cm³/mol. The summed E-state index contributed by atoms with van der Waals surface area (Å²) in [7, 11) is 0. The van der Waals surface area contributed by atoms with Crippen LogP contribution >= 0.6 is 11.3 Å². The average Bonchev–Trinajstić information content (AvgIpc) is 2.66. The predicted octanol–water partition coefficient (Wildman–Crippen LogP) is 1.14. The maximum atomic E-state index is 11.4. The standard InChI is InChI=1S/C10H16N2OS/c1-2-8(11)7-12-10(13)6-9-4-3-5-14-9/h3-5,8H,2,6-7,11H2,1H3,(H,12,13). The van der Waals surface area contributed by atoms with Gasteiger partial charge in [-0.15, -0.1) is 11.3 Å². The van der Waals surface area contributed by atoms with E-state index in [1.807, 2.05) is 24.4 Å². The summed E-state index contributed by atoms with van der Waals surface area (Å²) < 4.78 is 0. The monoisotopic (exact) mass is 212 g/mol. The quantitative estimate of drug-likeness (QED) is 0.769. The van der Waals surface area contributed by atoms with Crippen LogP contribution in [0, 0.1) is 0 Å². The van der Waals surface area contributed by atoms with E-state index in [1.54, 1.807) is 11.3 Å². The van der Waals surface area contributed by atoms with Gasteiger partial charge in [0.15, 0.2) is 0 Å². The number of nitrogens with two attached hydrogens (primary N) is 1. The molecule has 0 aliphatic carbocycles. The lowest BCUT2D eigenvalue weighted by Crippen LogP contribution is -2.37. The zero-order chi connectivity index (χ0) is 10.4. The molecule has 0 saturated heterocycles. The van der Waals surface area contributed by atoms with Crippen molar-refractivity contribution in [2.45, 2.75) is 25.8 Å². The third kappa shape index (κ3) is 3.89. The second-order valence-corrected chi connectivity index (χ2v) is 4.26. The minimum Gasteiger partial charge on any atom is -0.354 e. The number of hydrogen-bond acceptors (Lipinski definition) is 3. The number of nitrogens with one attached hydrogen (secondary N) is 1. The number of rotatable bonds is 5. The first-order chi connectivity index (χ1) is 6.72. The minimum absolute atomic E-state index is 0.0522. The van der Waals surface area contributed by atoms with E-state index in [1.165, 1.54) is 0 Å². The van der Waals surface area contributed by atoms with Crippen molar-refractivity contribution >= 4 is 17.2 Å². The zero-order valence-corrected chi connectivity index (χ0v) is 9.14. The van der Waals surface area contributed by atoms with E-state index >= 15 is 0 Å². The Bertz CT molecular complexity index is 272. The molecule has 1 rings (SSSR count). The van der Waals surface area contributed by atoms with Crippen molar-refractivity contribution in [1.29, 1.82) is 0 Å². The smallest absolute Gasteiger partial charge is 0.225 e. The number of thiophene rings is 1. The van der Waals surface area contributed by atoms with Crippen LogP contribution in [0.1, 0.15) is 18.2 Å². The van der Waals surface area contributed by atoms with E-state index in [9.17, 15) is 4.79 Å². The van der Waals surface area contributed by atoms with Gasteiger partial charge in [0.25, 0.3) is 0 Å². The highest BCUT2D eigenvalue weighted by molar-refractivity contribution is 7.10. The lowest BCUT2D eigenvalue weighted by atomic mass is 10.2. The molecule has 1 atom stereocenters. The van der Waals surface area contributed by atoms with Crippen LogP contribution in [0.2, 0.25) is 0 Å². The minimum atomic E-state index is 0.0522. The molecule has 1 aromatic heterocycles. The van der Waals surface area contributed by atoms with E-state index in [4.69, 9.17) is 5.73 Å². The number of carbonyl (C=O) groups excluding carboxylic acids is 1. The summed E-state index contributed by atoms with van der Waals surface area (Å²) in [4.78, 5) is 12.5. The molecule has 0 aliphatic heterocycles. The molecule has 0 saturated carbocycles. The van der Waals surface area contributed by atoms with Gasteiger partial charge >= 0.3 is 0 Å². The SMILES string of the molecule is CCC(N)CNC(=O)Cc1cccs1. The Balaban J connectivity index is 2.23. The molecule has 14 heavy (non-hydrogen) atoms. The molecule has 78 valence electrons. The Kier molecular flexibility index (Phi) is 4.62.